The van der Waals surface area contributed by atoms with E-state index >= 15 is 0 Å². The number of hydrogen-bond donors (Lipinski definition) is 6. The predicted octanol–water partition coefficient (Wildman–Crippen LogP) is 5.46. The molecule has 0 unspecified atom stereocenters. The second-order valence-electron chi connectivity index (χ2n) is 14.5. The van der Waals surface area contributed by atoms with E-state index in [1.54, 1.807) is 12.1 Å². The minimum atomic E-state index is -0.812. The Morgan fingerprint density at radius 1 is 0.875 bits per heavy atom. The summed E-state index contributed by atoms with van der Waals surface area (Å²) in [7, 11) is 0. The molecule has 1 saturated heterocycles. The molecule has 11 nitrogen and oxygen atoms in total. The molecule has 6 rings (SSSR count). The van der Waals surface area contributed by atoms with Crippen LogP contribution in [0.1, 0.15) is 68.6 Å². The van der Waals surface area contributed by atoms with Gasteiger partial charge in [0.1, 0.15) is 5.75 Å². The number of nitrogens with one attached hydrogen (secondary N) is 4. The summed E-state index contributed by atoms with van der Waals surface area (Å²) in [6.45, 7) is 6.43. The third kappa shape index (κ3) is 12.1. The molecule has 0 radical (unpaired) electrons. The molecule has 0 spiro atoms. The molecular formula is C44H53N5O6S. The molecule has 296 valence electrons. The van der Waals surface area contributed by atoms with Crippen molar-refractivity contribution in [2.75, 3.05) is 45.9 Å². The Labute approximate surface area is 332 Å². The van der Waals surface area contributed by atoms with Crippen LogP contribution in [0.15, 0.2) is 95.8 Å². The topological polar surface area (TPSA) is 156 Å². The quantitative estimate of drug-likeness (QED) is 0.0447. The van der Waals surface area contributed by atoms with Crippen LogP contribution in [0, 0.1) is 5.92 Å². The summed E-state index contributed by atoms with van der Waals surface area (Å²) in [6.07, 6.45) is 3.93. The zero-order valence-electron chi connectivity index (χ0n) is 31.8. The molecule has 3 aromatic carbocycles. The molecule has 56 heavy (non-hydrogen) atoms. The summed E-state index contributed by atoms with van der Waals surface area (Å²) in [6, 6.07) is 28.5. The Morgan fingerprint density at radius 3 is 2.46 bits per heavy atom. The maximum atomic E-state index is 12.8. The molecule has 1 atom stereocenters. The highest BCUT2D eigenvalue weighted by atomic mass is 32.1. The van der Waals surface area contributed by atoms with Gasteiger partial charge >= 0.3 is 5.97 Å². The molecule has 0 aliphatic carbocycles. The molecule has 1 aliphatic rings. The number of aromatic nitrogens is 1. The van der Waals surface area contributed by atoms with Crippen molar-refractivity contribution in [3.05, 3.63) is 133 Å². The van der Waals surface area contributed by atoms with Crippen LogP contribution in [0.3, 0.4) is 0 Å². The summed E-state index contributed by atoms with van der Waals surface area (Å²) >= 11 is 1.48. The number of likely N-dealkylation sites (tertiary alicyclic amines) is 1. The van der Waals surface area contributed by atoms with Crippen LogP contribution in [0.5, 0.6) is 5.75 Å². The van der Waals surface area contributed by atoms with Gasteiger partial charge < -0.3 is 35.9 Å². The molecule has 1 fully saturated rings. The zero-order valence-corrected chi connectivity index (χ0v) is 32.6. The first-order valence-corrected chi connectivity index (χ1v) is 20.4. The fourth-order valence-electron chi connectivity index (χ4n) is 7.14. The van der Waals surface area contributed by atoms with Gasteiger partial charge in [0.15, 0.2) is 0 Å². The highest BCUT2D eigenvalue weighted by Crippen LogP contribution is 2.28. The Kier molecular flexibility index (Phi) is 15.2. The largest absolute Gasteiger partial charge is 0.506 e. The number of aromatic hydroxyl groups is 1. The van der Waals surface area contributed by atoms with Crippen LogP contribution in [0.4, 0.5) is 0 Å². The van der Waals surface area contributed by atoms with Crippen LogP contribution in [-0.4, -0.2) is 77.8 Å². The monoisotopic (exact) mass is 779 g/mol. The van der Waals surface area contributed by atoms with E-state index in [-0.39, 0.29) is 29.6 Å². The number of carbonyl (C=O) groups excluding carboxylic acids is 2. The molecular weight excluding hydrogens is 727 g/mol. The molecule has 6 N–H and O–H groups in total. The number of esters is 1. The van der Waals surface area contributed by atoms with Gasteiger partial charge in [-0.1, -0.05) is 60.7 Å². The van der Waals surface area contributed by atoms with Crippen molar-refractivity contribution in [1.82, 2.24) is 25.8 Å². The Bertz CT molecular complexity index is 2080. The molecule has 5 aromatic rings. The number of H-pyrrole nitrogens is 1. The van der Waals surface area contributed by atoms with E-state index in [2.05, 4.69) is 56.2 Å². The van der Waals surface area contributed by atoms with E-state index in [0.717, 1.165) is 74.3 Å². The lowest BCUT2D eigenvalue weighted by Crippen LogP contribution is -2.35. The summed E-state index contributed by atoms with van der Waals surface area (Å²) in [5.74, 6) is 0.111. The first-order valence-electron chi connectivity index (χ1n) is 19.6. The number of unbranched alkanes of at least 4 members (excludes halogenated alkanes) is 1. The highest BCUT2D eigenvalue weighted by molar-refractivity contribution is 7.14. The van der Waals surface area contributed by atoms with Gasteiger partial charge in [-0.15, -0.1) is 11.3 Å². The molecule has 1 amide bonds. The Balaban J connectivity index is 0.823. The Hall–Kier alpha value is -4.85. The summed E-state index contributed by atoms with van der Waals surface area (Å²) < 4.78 is 5.75. The van der Waals surface area contributed by atoms with E-state index in [9.17, 15) is 24.6 Å². The number of hydrogen-bond acceptors (Lipinski definition) is 10. The minimum Gasteiger partial charge on any atom is -0.506 e. The second kappa shape index (κ2) is 20.9. The van der Waals surface area contributed by atoms with Gasteiger partial charge in [-0.3, -0.25) is 19.3 Å². The summed E-state index contributed by atoms with van der Waals surface area (Å²) in [4.78, 5) is 44.1. The van der Waals surface area contributed by atoms with Crippen molar-refractivity contribution >= 4 is 34.1 Å². The van der Waals surface area contributed by atoms with Gasteiger partial charge in [0.25, 0.3) is 5.91 Å². The lowest BCUT2D eigenvalue weighted by molar-refractivity contribution is -0.144. The normalized spacial score (nSPS) is 14.2. The number of piperidine rings is 1. The predicted molar refractivity (Wildman–Crippen MR) is 221 cm³/mol. The number of benzene rings is 3. The van der Waals surface area contributed by atoms with E-state index in [1.165, 1.54) is 29.0 Å². The number of rotatable bonds is 20. The van der Waals surface area contributed by atoms with Gasteiger partial charge in [-0.25, -0.2) is 0 Å². The molecule has 1 aliphatic heterocycles. The maximum Gasteiger partial charge on any atom is 0.310 e. The first-order chi connectivity index (χ1) is 27.3. The van der Waals surface area contributed by atoms with E-state index in [4.69, 9.17) is 4.74 Å². The highest BCUT2D eigenvalue weighted by Gasteiger charge is 2.21. The van der Waals surface area contributed by atoms with E-state index in [0.29, 0.717) is 60.0 Å². The Morgan fingerprint density at radius 2 is 1.64 bits per heavy atom. The van der Waals surface area contributed by atoms with Gasteiger partial charge in [-0.05, 0) is 111 Å². The molecule has 12 heteroatoms. The number of pyridine rings is 1. The molecule has 0 bridgehead atoms. The van der Waals surface area contributed by atoms with Crippen LogP contribution in [-0.2, 0) is 35.5 Å². The lowest BCUT2D eigenvalue weighted by atomic mass is 9.97. The number of phenols is 1. The number of thiophene rings is 1. The second-order valence-corrected chi connectivity index (χ2v) is 15.7. The summed E-state index contributed by atoms with van der Waals surface area (Å²) in [5.41, 5.74) is 4.08. The number of aliphatic hydroxyl groups excluding tert-OH is 1. The SMILES string of the molecule is O=C(Cc1ccccc1CCNCc1ccc(C(=O)NCCCCNC[C@H](O)c2ccc(O)c3[nH]c(=O)ccc23)s1)OCC1CCN(Cc2ccccc2)CC1. The third-order valence-corrected chi connectivity index (χ3v) is 11.4. The average molecular weight is 780 g/mol. The number of nitrogens with zero attached hydrogens (tertiary/aromatic N) is 1. The van der Waals surface area contributed by atoms with Gasteiger partial charge in [0, 0.05) is 42.5 Å². The van der Waals surface area contributed by atoms with Crippen LogP contribution in [0.25, 0.3) is 10.9 Å². The van der Waals surface area contributed by atoms with Crippen molar-refractivity contribution < 1.29 is 24.5 Å². The fraction of sp³-hybridized carbons (Fsp3) is 0.386. The molecule has 3 heterocycles. The minimum absolute atomic E-state index is 0.0403. The van der Waals surface area contributed by atoms with Gasteiger partial charge in [0.05, 0.1) is 29.5 Å². The number of aliphatic hydroxyl groups is 1. The zero-order chi connectivity index (χ0) is 39.1. The number of ether oxygens (including phenoxy) is 1. The van der Waals surface area contributed by atoms with E-state index in [1.807, 2.05) is 36.4 Å². The first kappa shape index (κ1) is 40.8. The number of amides is 1. The van der Waals surface area contributed by atoms with E-state index < -0.39 is 6.10 Å². The number of aromatic amines is 1. The lowest BCUT2D eigenvalue weighted by Gasteiger charge is -2.31. The van der Waals surface area contributed by atoms with Gasteiger partial charge in [-0.2, -0.15) is 0 Å². The van der Waals surface area contributed by atoms with Crippen molar-refractivity contribution in [3.63, 3.8) is 0 Å². The van der Waals surface area contributed by atoms with Crippen molar-refractivity contribution in [2.24, 2.45) is 5.92 Å². The molecule has 0 saturated carbocycles. The average Bonchev–Trinajstić information content (AvgIpc) is 3.69. The number of fused-ring (bicyclic) bond motifs is 1. The summed E-state index contributed by atoms with van der Waals surface area (Å²) in [5, 5.41) is 31.1. The molecule has 2 aromatic heterocycles. The number of carbonyl (C=O) groups is 2. The van der Waals surface area contributed by atoms with Crippen LogP contribution >= 0.6 is 11.3 Å². The van der Waals surface area contributed by atoms with Crippen molar-refractivity contribution in [2.45, 2.75) is 57.7 Å². The van der Waals surface area contributed by atoms with Crippen LogP contribution in [0.2, 0.25) is 0 Å². The van der Waals surface area contributed by atoms with Gasteiger partial charge in [0.2, 0.25) is 5.56 Å². The van der Waals surface area contributed by atoms with Crippen molar-refractivity contribution in [1.29, 1.82) is 0 Å². The standard InChI is InChI=1S/C44H53N5O6S/c50-38-15-13-36(37-14-17-41(52)48-43(37)38)39(51)28-45-21-6-7-22-47-44(54)40-16-12-35(56-40)27-46-23-18-33-10-4-5-11-34(33)26-42(53)55-30-32-19-24-49(25-20-32)29-31-8-2-1-3-9-31/h1-5,8-17,32,39,45-46,50-51H,6-7,18-30H2,(H,47,54)(H,48,52)/t39-/m0/s1. The smallest absolute Gasteiger partial charge is 0.310 e. The van der Waals surface area contributed by atoms with Crippen LogP contribution < -0.4 is 21.5 Å². The maximum absolute atomic E-state index is 12.8. The fourth-order valence-corrected chi connectivity index (χ4v) is 8.03. The third-order valence-electron chi connectivity index (χ3n) is 10.3. The van der Waals surface area contributed by atoms with Crippen molar-refractivity contribution in [3.8, 4) is 5.75 Å². The number of phenolic OH excluding ortho intramolecular Hbond substituents is 1.